The van der Waals surface area contributed by atoms with E-state index in [1.165, 1.54) is 11.1 Å². The quantitative estimate of drug-likeness (QED) is 0.257. The molecule has 0 N–H and O–H groups in total. The Morgan fingerprint density at radius 1 is 0.710 bits per heavy atom. The summed E-state index contributed by atoms with van der Waals surface area (Å²) in [5, 5.41) is 9.50. The molecule has 5 nitrogen and oxygen atoms in total. The highest BCUT2D eigenvalue weighted by molar-refractivity contribution is 5.87. The summed E-state index contributed by atoms with van der Waals surface area (Å²) in [6, 6.07) is 24.6. The van der Waals surface area contributed by atoms with E-state index < -0.39 is 0 Å². The van der Waals surface area contributed by atoms with Crippen LogP contribution in [0, 0.1) is 4.91 Å². The van der Waals surface area contributed by atoms with Crippen LogP contribution in [-0.4, -0.2) is 32.3 Å². The molecular weight excluding hydrogens is 388 g/mol. The van der Waals surface area contributed by atoms with Gasteiger partial charge in [-0.3, -0.25) is 5.01 Å². The fourth-order valence-corrected chi connectivity index (χ4v) is 4.02. The number of fused-ring (bicyclic) bond motifs is 2. The first kappa shape index (κ1) is 20.7. The number of hydrogen-bond acceptors (Lipinski definition) is 4. The van der Waals surface area contributed by atoms with E-state index in [1.807, 2.05) is 36.4 Å². The fourth-order valence-electron chi connectivity index (χ4n) is 4.02. The molecule has 0 aliphatic rings. The van der Waals surface area contributed by atoms with Crippen LogP contribution in [0.1, 0.15) is 11.1 Å². The minimum absolute atomic E-state index is 0.563. The molecule has 0 saturated carbocycles. The van der Waals surface area contributed by atoms with Gasteiger partial charge in [0.1, 0.15) is 11.5 Å². The molecule has 158 valence electrons. The van der Waals surface area contributed by atoms with Gasteiger partial charge in [-0.1, -0.05) is 48.5 Å². The van der Waals surface area contributed by atoms with Crippen molar-refractivity contribution in [2.75, 3.05) is 27.3 Å². The standard InChI is InChI=1S/C26H26N2O3/c1-30-23-11-9-19-5-3-7-21(25(19)17-23)13-15-28(27-29)16-14-22-8-4-6-20-10-12-24(31-2)18-26(20)22/h3-12,17-18H,13-16H2,1-2H3. The third-order valence-corrected chi connectivity index (χ3v) is 5.75. The van der Waals surface area contributed by atoms with Gasteiger partial charge < -0.3 is 9.47 Å². The van der Waals surface area contributed by atoms with Gasteiger partial charge in [-0.15, -0.1) is 4.91 Å². The Bertz CT molecular complexity index is 1110. The van der Waals surface area contributed by atoms with Gasteiger partial charge in [-0.25, -0.2) is 0 Å². The predicted molar refractivity (Wildman–Crippen MR) is 126 cm³/mol. The number of hydrogen-bond donors (Lipinski definition) is 0. The monoisotopic (exact) mass is 414 g/mol. The van der Waals surface area contributed by atoms with Crippen molar-refractivity contribution in [2.45, 2.75) is 12.8 Å². The van der Waals surface area contributed by atoms with E-state index in [-0.39, 0.29) is 0 Å². The first-order chi connectivity index (χ1) is 15.2. The van der Waals surface area contributed by atoms with Gasteiger partial charge in [0.25, 0.3) is 0 Å². The smallest absolute Gasteiger partial charge is 0.119 e. The number of methoxy groups -OCH3 is 2. The minimum Gasteiger partial charge on any atom is -0.497 e. The summed E-state index contributed by atoms with van der Waals surface area (Å²) in [4.78, 5) is 11.5. The molecule has 0 unspecified atom stereocenters. The molecule has 0 aliphatic carbocycles. The molecule has 0 radical (unpaired) electrons. The average molecular weight is 415 g/mol. The highest BCUT2D eigenvalue weighted by atomic mass is 16.5. The molecule has 0 aliphatic heterocycles. The SMILES string of the molecule is COc1ccc2cccc(CCN(CCc3cccc4ccc(OC)cc34)N=O)c2c1. The van der Waals surface area contributed by atoms with Gasteiger partial charge in [0.05, 0.1) is 19.5 Å². The number of nitroso groups, excluding NO2 is 1. The third kappa shape index (κ3) is 4.61. The largest absolute Gasteiger partial charge is 0.497 e. The number of rotatable bonds is 9. The van der Waals surface area contributed by atoms with Gasteiger partial charge >= 0.3 is 0 Å². The lowest BCUT2D eigenvalue weighted by Crippen LogP contribution is -2.22. The molecule has 5 heteroatoms. The van der Waals surface area contributed by atoms with Crippen molar-refractivity contribution in [1.82, 2.24) is 5.01 Å². The second kappa shape index (κ2) is 9.47. The van der Waals surface area contributed by atoms with Crippen molar-refractivity contribution < 1.29 is 9.47 Å². The Morgan fingerprint density at radius 3 is 1.61 bits per heavy atom. The topological polar surface area (TPSA) is 51.1 Å². The number of benzene rings is 4. The highest BCUT2D eigenvalue weighted by Crippen LogP contribution is 2.26. The summed E-state index contributed by atoms with van der Waals surface area (Å²) >= 11 is 0. The van der Waals surface area contributed by atoms with E-state index in [1.54, 1.807) is 19.2 Å². The maximum atomic E-state index is 11.5. The number of ether oxygens (including phenoxy) is 2. The summed E-state index contributed by atoms with van der Waals surface area (Å²) in [5.41, 5.74) is 2.36. The van der Waals surface area contributed by atoms with E-state index in [2.05, 4.69) is 41.7 Å². The predicted octanol–water partition coefficient (Wildman–Crippen LogP) is 5.78. The van der Waals surface area contributed by atoms with Gasteiger partial charge in [0, 0.05) is 13.1 Å². The Kier molecular flexibility index (Phi) is 6.32. The lowest BCUT2D eigenvalue weighted by molar-refractivity contribution is 0.291. The molecule has 4 aromatic rings. The Labute approximate surface area is 182 Å². The minimum atomic E-state index is 0.563. The van der Waals surface area contributed by atoms with Crippen LogP contribution in [-0.2, 0) is 12.8 Å². The molecule has 0 spiro atoms. The molecule has 0 atom stereocenters. The van der Waals surface area contributed by atoms with Crippen LogP contribution < -0.4 is 9.47 Å². The molecule has 4 rings (SSSR count). The van der Waals surface area contributed by atoms with E-state index in [0.29, 0.717) is 13.1 Å². The summed E-state index contributed by atoms with van der Waals surface area (Å²) in [6.07, 6.45) is 1.47. The van der Waals surface area contributed by atoms with Gasteiger partial charge in [-0.2, -0.15) is 0 Å². The molecule has 0 bridgehead atoms. The normalized spacial score (nSPS) is 10.9. The number of nitrogens with zero attached hydrogens (tertiary/aromatic N) is 2. The van der Waals surface area contributed by atoms with Gasteiger partial charge in [0.2, 0.25) is 0 Å². The average Bonchev–Trinajstić information content (AvgIpc) is 2.83. The third-order valence-electron chi connectivity index (χ3n) is 5.75. The summed E-state index contributed by atoms with van der Waals surface area (Å²) in [5.74, 6) is 1.66. The molecule has 0 fully saturated rings. The van der Waals surface area contributed by atoms with Gasteiger partial charge in [0.15, 0.2) is 0 Å². The summed E-state index contributed by atoms with van der Waals surface area (Å²) < 4.78 is 10.8. The summed E-state index contributed by atoms with van der Waals surface area (Å²) in [7, 11) is 3.34. The van der Waals surface area contributed by atoms with Crippen LogP contribution in [0.3, 0.4) is 0 Å². The molecule has 4 aromatic carbocycles. The van der Waals surface area contributed by atoms with Crippen molar-refractivity contribution in [3.63, 3.8) is 0 Å². The zero-order chi connectivity index (χ0) is 21.6. The van der Waals surface area contributed by atoms with E-state index >= 15 is 0 Å². The molecule has 0 amide bonds. The van der Waals surface area contributed by atoms with Crippen LogP contribution in [0.25, 0.3) is 21.5 Å². The molecule has 0 heterocycles. The molecule has 0 saturated heterocycles. The van der Waals surface area contributed by atoms with Crippen LogP contribution in [0.15, 0.2) is 78.1 Å². The van der Waals surface area contributed by atoms with Crippen molar-refractivity contribution in [3.05, 3.63) is 88.8 Å². The maximum absolute atomic E-state index is 11.5. The van der Waals surface area contributed by atoms with Crippen LogP contribution in [0.5, 0.6) is 11.5 Å². The lowest BCUT2D eigenvalue weighted by atomic mass is 10.0. The van der Waals surface area contributed by atoms with Crippen LogP contribution in [0.4, 0.5) is 0 Å². The second-order valence-electron chi connectivity index (χ2n) is 7.54. The van der Waals surface area contributed by atoms with E-state index in [4.69, 9.17) is 9.47 Å². The Hall–Kier alpha value is -3.60. The van der Waals surface area contributed by atoms with Crippen molar-refractivity contribution in [2.24, 2.45) is 5.29 Å². The highest BCUT2D eigenvalue weighted by Gasteiger charge is 2.09. The maximum Gasteiger partial charge on any atom is 0.119 e. The molecule has 31 heavy (non-hydrogen) atoms. The molecular formula is C26H26N2O3. The Morgan fingerprint density at radius 2 is 1.19 bits per heavy atom. The molecule has 0 aromatic heterocycles. The van der Waals surface area contributed by atoms with Crippen LogP contribution in [0.2, 0.25) is 0 Å². The van der Waals surface area contributed by atoms with Crippen molar-refractivity contribution >= 4 is 21.5 Å². The van der Waals surface area contributed by atoms with Crippen molar-refractivity contribution in [1.29, 1.82) is 0 Å². The zero-order valence-corrected chi connectivity index (χ0v) is 17.9. The zero-order valence-electron chi connectivity index (χ0n) is 17.9. The van der Waals surface area contributed by atoms with Crippen molar-refractivity contribution in [3.8, 4) is 11.5 Å². The van der Waals surface area contributed by atoms with Crippen LogP contribution >= 0.6 is 0 Å². The first-order valence-corrected chi connectivity index (χ1v) is 10.4. The second-order valence-corrected chi connectivity index (χ2v) is 7.54. The first-order valence-electron chi connectivity index (χ1n) is 10.4. The van der Waals surface area contributed by atoms with Gasteiger partial charge in [-0.05, 0) is 69.8 Å². The Balaban J connectivity index is 1.47. The lowest BCUT2D eigenvalue weighted by Gasteiger charge is -2.17. The fraction of sp³-hybridized carbons (Fsp3) is 0.231. The van der Waals surface area contributed by atoms with E-state index in [0.717, 1.165) is 45.9 Å². The van der Waals surface area contributed by atoms with E-state index in [9.17, 15) is 4.91 Å². The summed E-state index contributed by atoms with van der Waals surface area (Å²) in [6.45, 7) is 1.13.